The van der Waals surface area contributed by atoms with E-state index >= 15 is 0 Å². The Kier molecular flexibility index (Phi) is 8.01. The molecule has 2 aliphatic heterocycles. The molecule has 1 amide bonds. The zero-order valence-corrected chi connectivity index (χ0v) is 23.1. The van der Waals surface area contributed by atoms with Gasteiger partial charge in [-0.05, 0) is 82.3 Å². The lowest BCUT2D eigenvalue weighted by Gasteiger charge is -2.26. The van der Waals surface area contributed by atoms with Crippen molar-refractivity contribution in [2.45, 2.75) is 64.3 Å². The molecule has 2 aliphatic rings. The van der Waals surface area contributed by atoms with E-state index in [-0.39, 0.29) is 29.6 Å². The van der Waals surface area contributed by atoms with Crippen molar-refractivity contribution in [1.29, 1.82) is 0 Å². The molecule has 1 saturated heterocycles. The molecule has 3 heterocycles. The molecule has 220 valence electrons. The van der Waals surface area contributed by atoms with Gasteiger partial charge in [0.05, 0.1) is 12.2 Å². The number of carbonyl (C=O) groups is 1. The van der Waals surface area contributed by atoms with E-state index in [0.29, 0.717) is 56.9 Å². The number of aromatic nitrogens is 2. The van der Waals surface area contributed by atoms with Crippen molar-refractivity contribution in [1.82, 2.24) is 15.0 Å². The van der Waals surface area contributed by atoms with Crippen molar-refractivity contribution >= 4 is 6.09 Å². The van der Waals surface area contributed by atoms with Crippen molar-refractivity contribution in [2.24, 2.45) is 0 Å². The predicted octanol–water partition coefficient (Wildman–Crippen LogP) is 6.61. The first kappa shape index (κ1) is 28.6. The lowest BCUT2D eigenvalue weighted by Crippen LogP contribution is -2.36. The van der Waals surface area contributed by atoms with Gasteiger partial charge < -0.3 is 23.5 Å². The number of hydrogen-bond acceptors (Lipinski definition) is 8. The molecule has 0 aliphatic carbocycles. The second-order valence-electron chi connectivity index (χ2n) is 10.9. The van der Waals surface area contributed by atoms with Crippen molar-refractivity contribution < 1.29 is 41.4 Å². The lowest BCUT2D eigenvalue weighted by molar-refractivity contribution is -0.138. The summed E-state index contributed by atoms with van der Waals surface area (Å²) in [7, 11) is 0. The topological polar surface area (TPSA) is 96.2 Å². The second-order valence-corrected chi connectivity index (χ2v) is 10.9. The number of likely N-dealkylation sites (tertiary alicyclic amines) is 1. The van der Waals surface area contributed by atoms with Crippen LogP contribution in [0.15, 0.2) is 40.9 Å². The van der Waals surface area contributed by atoms with Gasteiger partial charge in [0.25, 0.3) is 0 Å². The summed E-state index contributed by atoms with van der Waals surface area (Å²) in [5.41, 5.74) is -0.507. The van der Waals surface area contributed by atoms with Gasteiger partial charge in [-0.25, -0.2) is 4.79 Å². The van der Waals surface area contributed by atoms with Gasteiger partial charge in [0.1, 0.15) is 30.6 Å². The van der Waals surface area contributed by atoms with E-state index in [1.165, 1.54) is 17.0 Å². The average Bonchev–Trinajstić information content (AvgIpc) is 3.60. The van der Waals surface area contributed by atoms with Crippen molar-refractivity contribution in [2.75, 3.05) is 26.4 Å². The van der Waals surface area contributed by atoms with E-state index in [2.05, 4.69) is 10.1 Å². The maximum atomic E-state index is 14.0. The third-order valence-electron chi connectivity index (χ3n) is 6.62. The number of rotatable bonds is 7. The third kappa shape index (κ3) is 6.86. The van der Waals surface area contributed by atoms with Crippen LogP contribution in [-0.2, 0) is 17.3 Å². The molecule has 0 saturated carbocycles. The maximum Gasteiger partial charge on any atom is 0.419 e. The number of alkyl halides is 3. The molecule has 0 N–H and O–H groups in total. The molecule has 41 heavy (non-hydrogen) atoms. The number of aryl methyl sites for hydroxylation is 1. The van der Waals surface area contributed by atoms with Crippen LogP contribution in [0.3, 0.4) is 0 Å². The molecule has 9 nitrogen and oxygen atoms in total. The minimum absolute atomic E-state index is 0.00769. The van der Waals surface area contributed by atoms with Gasteiger partial charge in [-0.1, -0.05) is 11.2 Å². The molecule has 2 aromatic carbocycles. The highest BCUT2D eigenvalue weighted by Gasteiger charge is 2.38. The van der Waals surface area contributed by atoms with E-state index in [4.69, 9.17) is 23.5 Å². The number of nitrogens with zero attached hydrogens (tertiary/aromatic N) is 3. The summed E-state index contributed by atoms with van der Waals surface area (Å²) in [6, 6.07) is 8.77. The van der Waals surface area contributed by atoms with Crippen molar-refractivity contribution in [3.63, 3.8) is 0 Å². The SMILES string of the molecule is CC(C)(C)OC(=O)N1CCC[C@H]1c1nc(-c2ccc(OCCCc3ccc4c(c3)OCCO4)c(C(F)(F)F)c2)no1. The Hall–Kier alpha value is -3.96. The summed E-state index contributed by atoms with van der Waals surface area (Å²) in [6.07, 6.45) is -2.78. The predicted molar refractivity (Wildman–Crippen MR) is 141 cm³/mol. The first-order valence-corrected chi connectivity index (χ1v) is 13.5. The van der Waals surface area contributed by atoms with Crippen LogP contribution in [0.25, 0.3) is 11.4 Å². The lowest BCUT2D eigenvalue weighted by atomic mass is 10.1. The summed E-state index contributed by atoms with van der Waals surface area (Å²) in [6.45, 7) is 6.83. The number of amides is 1. The molecule has 0 radical (unpaired) electrons. The quantitative estimate of drug-likeness (QED) is 0.291. The van der Waals surface area contributed by atoms with Crippen LogP contribution in [-0.4, -0.2) is 53.1 Å². The van der Waals surface area contributed by atoms with Gasteiger partial charge >= 0.3 is 12.3 Å². The standard InChI is InChI=1S/C29H32F3N3O6/c1-28(2,3)40-27(36)35-12-4-7-21(35)26-33-25(34-41-26)19-9-11-22(20(17-19)29(30,31)32)37-13-5-6-18-8-10-23-24(16-18)39-15-14-38-23/h8-11,16-17,21H,4-7,12-15H2,1-3H3/t21-/m0/s1. The molecule has 12 heteroatoms. The Morgan fingerprint density at radius 3 is 2.61 bits per heavy atom. The fraction of sp³-hybridized carbons (Fsp3) is 0.483. The second kappa shape index (κ2) is 11.5. The number of ether oxygens (including phenoxy) is 4. The molecule has 3 aromatic rings. The number of carbonyl (C=O) groups excluding carboxylic acids is 1. The fourth-order valence-electron chi connectivity index (χ4n) is 4.77. The van der Waals surface area contributed by atoms with E-state index in [9.17, 15) is 18.0 Å². The summed E-state index contributed by atoms with van der Waals surface area (Å²) in [5, 5.41) is 3.90. The zero-order valence-electron chi connectivity index (χ0n) is 23.1. The Balaban J connectivity index is 1.25. The average molecular weight is 576 g/mol. The van der Waals surface area contributed by atoms with Crippen LogP contribution in [0, 0.1) is 0 Å². The molecular formula is C29H32F3N3O6. The van der Waals surface area contributed by atoms with Gasteiger partial charge in [0.2, 0.25) is 11.7 Å². The van der Waals surface area contributed by atoms with Crippen LogP contribution < -0.4 is 14.2 Å². The molecule has 0 unspecified atom stereocenters. The number of benzene rings is 2. The minimum atomic E-state index is -4.66. The summed E-state index contributed by atoms with van der Waals surface area (Å²) >= 11 is 0. The molecule has 5 rings (SSSR count). The van der Waals surface area contributed by atoms with Crippen LogP contribution >= 0.6 is 0 Å². The fourth-order valence-corrected chi connectivity index (χ4v) is 4.77. The molecule has 1 atom stereocenters. The summed E-state index contributed by atoms with van der Waals surface area (Å²) < 4.78 is 69.4. The number of halogens is 3. The smallest absolute Gasteiger partial charge is 0.419 e. The van der Waals surface area contributed by atoms with Crippen molar-refractivity contribution in [3.05, 3.63) is 53.4 Å². The van der Waals surface area contributed by atoms with Gasteiger partial charge in [0.15, 0.2) is 11.5 Å². The first-order chi connectivity index (χ1) is 19.5. The van der Waals surface area contributed by atoms with Crippen LogP contribution in [0.4, 0.5) is 18.0 Å². The normalized spacial score (nSPS) is 17.0. The largest absolute Gasteiger partial charge is 0.493 e. The first-order valence-electron chi connectivity index (χ1n) is 13.5. The van der Waals surface area contributed by atoms with Gasteiger partial charge in [0, 0.05) is 12.1 Å². The van der Waals surface area contributed by atoms with E-state index in [1.54, 1.807) is 20.8 Å². The van der Waals surface area contributed by atoms with E-state index in [1.807, 2.05) is 18.2 Å². The third-order valence-corrected chi connectivity index (χ3v) is 6.62. The Labute approximate surface area is 235 Å². The van der Waals surface area contributed by atoms with Crippen LogP contribution in [0.1, 0.15) is 63.1 Å². The van der Waals surface area contributed by atoms with E-state index < -0.39 is 29.5 Å². The zero-order chi connectivity index (χ0) is 29.2. The van der Waals surface area contributed by atoms with Crippen LogP contribution in [0.5, 0.6) is 17.2 Å². The molecule has 0 spiro atoms. The van der Waals surface area contributed by atoms with Crippen LogP contribution in [0.2, 0.25) is 0 Å². The minimum Gasteiger partial charge on any atom is -0.493 e. The number of fused-ring (bicyclic) bond motifs is 1. The monoisotopic (exact) mass is 575 g/mol. The summed E-state index contributed by atoms with van der Waals surface area (Å²) in [5.74, 6) is 1.21. The highest BCUT2D eigenvalue weighted by molar-refractivity contribution is 5.69. The van der Waals surface area contributed by atoms with Crippen molar-refractivity contribution in [3.8, 4) is 28.6 Å². The Bertz CT molecular complexity index is 1380. The highest BCUT2D eigenvalue weighted by atomic mass is 19.4. The highest BCUT2D eigenvalue weighted by Crippen LogP contribution is 2.39. The Morgan fingerprint density at radius 1 is 1.07 bits per heavy atom. The number of hydrogen-bond donors (Lipinski definition) is 0. The Morgan fingerprint density at radius 2 is 1.85 bits per heavy atom. The molecule has 1 fully saturated rings. The molecular weight excluding hydrogens is 543 g/mol. The summed E-state index contributed by atoms with van der Waals surface area (Å²) in [4.78, 5) is 18.5. The molecule has 0 bridgehead atoms. The van der Waals surface area contributed by atoms with Gasteiger partial charge in [-0.15, -0.1) is 0 Å². The maximum absolute atomic E-state index is 14.0. The molecule has 1 aromatic heterocycles. The van der Waals surface area contributed by atoms with Gasteiger partial charge in [-0.2, -0.15) is 18.2 Å². The van der Waals surface area contributed by atoms with Gasteiger partial charge in [-0.3, -0.25) is 4.90 Å². The van der Waals surface area contributed by atoms with E-state index in [0.717, 1.165) is 11.6 Å².